The van der Waals surface area contributed by atoms with Crippen LogP contribution in [0.4, 0.5) is 11.4 Å². The number of aliphatic hydroxyl groups is 1. The van der Waals surface area contributed by atoms with E-state index in [0.717, 1.165) is 62.2 Å². The normalized spacial score (nSPS) is 20.0. The molecule has 3 unspecified atom stereocenters. The number of para-hydroxylation sites is 1. The van der Waals surface area contributed by atoms with Crippen molar-refractivity contribution in [1.29, 1.82) is 0 Å². The van der Waals surface area contributed by atoms with Gasteiger partial charge in [0.15, 0.2) is 0 Å². The highest BCUT2D eigenvalue weighted by atomic mass is 16.5. The van der Waals surface area contributed by atoms with Gasteiger partial charge in [0, 0.05) is 43.6 Å². The topological polar surface area (TPSA) is 65.0 Å². The predicted molar refractivity (Wildman–Crippen MR) is 179 cm³/mol. The van der Waals surface area contributed by atoms with Gasteiger partial charge in [0.25, 0.3) is 5.91 Å². The lowest BCUT2D eigenvalue weighted by molar-refractivity contribution is 0.0953. The molecule has 3 aromatic rings. The molecule has 1 aliphatic heterocycles. The molecule has 1 amide bonds. The lowest BCUT2D eigenvalue weighted by Crippen LogP contribution is -2.37. The molecule has 2 N–H and O–H groups in total. The number of hydrogen-bond acceptors (Lipinski definition) is 5. The highest BCUT2D eigenvalue weighted by Crippen LogP contribution is 2.49. The number of hydrogen-bond donors (Lipinski definition) is 2. The molecule has 1 saturated carbocycles. The molecule has 6 heteroatoms. The number of allylic oxidation sites excluding steroid dienone is 3. The number of nitrogens with zero attached hydrogens (tertiary/aromatic N) is 2. The van der Waals surface area contributed by atoms with Crippen molar-refractivity contribution in [3.05, 3.63) is 113 Å². The third kappa shape index (κ3) is 6.56. The molecular formula is C38H45N3O3. The van der Waals surface area contributed by atoms with E-state index < -0.39 is 6.23 Å². The molecule has 1 heterocycles. The summed E-state index contributed by atoms with van der Waals surface area (Å²) < 4.78 is 5.25. The molecule has 3 aromatic carbocycles. The average Bonchev–Trinajstić information content (AvgIpc) is 3.87. The van der Waals surface area contributed by atoms with Gasteiger partial charge in [-0.3, -0.25) is 4.79 Å². The van der Waals surface area contributed by atoms with E-state index in [1.165, 1.54) is 22.4 Å². The Balaban J connectivity index is 1.17. The Hall–Kier alpha value is -4.03. The van der Waals surface area contributed by atoms with Crippen LogP contribution in [0, 0.1) is 18.8 Å². The lowest BCUT2D eigenvalue weighted by atomic mass is 9.86. The maximum atomic E-state index is 13.3. The van der Waals surface area contributed by atoms with E-state index in [1.807, 2.05) is 36.2 Å². The summed E-state index contributed by atoms with van der Waals surface area (Å²) >= 11 is 0. The van der Waals surface area contributed by atoms with Crippen molar-refractivity contribution in [2.24, 2.45) is 11.8 Å². The van der Waals surface area contributed by atoms with Gasteiger partial charge in [-0.05, 0) is 109 Å². The smallest absolute Gasteiger partial charge is 0.251 e. The summed E-state index contributed by atoms with van der Waals surface area (Å²) in [7, 11) is 3.64. The SMILES string of the molecule is COc1ccc(CCCNC(=O)c2ccc(C3CCN(c4ccccc4C)CC3)c(N(C)C(O)C3=CC=CC4CC34)c2)cc1. The van der Waals surface area contributed by atoms with Crippen molar-refractivity contribution >= 4 is 17.3 Å². The van der Waals surface area contributed by atoms with Crippen molar-refractivity contribution in [2.45, 2.75) is 51.2 Å². The molecule has 2 fully saturated rings. The van der Waals surface area contributed by atoms with Crippen LogP contribution in [0.25, 0.3) is 0 Å². The first-order valence-corrected chi connectivity index (χ1v) is 16.1. The van der Waals surface area contributed by atoms with Gasteiger partial charge in [0.1, 0.15) is 12.0 Å². The van der Waals surface area contributed by atoms with Crippen LogP contribution < -0.4 is 19.9 Å². The minimum Gasteiger partial charge on any atom is -0.497 e. The number of anilines is 2. The van der Waals surface area contributed by atoms with Gasteiger partial charge in [-0.15, -0.1) is 0 Å². The second kappa shape index (κ2) is 13.3. The van der Waals surface area contributed by atoms with Crippen LogP contribution in [0.15, 0.2) is 90.5 Å². The van der Waals surface area contributed by atoms with Crippen LogP contribution in [-0.4, -0.2) is 51.0 Å². The summed E-state index contributed by atoms with van der Waals surface area (Å²) in [5.74, 6) is 2.11. The van der Waals surface area contributed by atoms with Gasteiger partial charge in [-0.25, -0.2) is 0 Å². The highest BCUT2D eigenvalue weighted by molar-refractivity contribution is 5.95. The summed E-state index contributed by atoms with van der Waals surface area (Å²) in [5, 5.41) is 14.7. The summed E-state index contributed by atoms with van der Waals surface area (Å²) in [6.45, 7) is 4.74. The molecule has 3 atom stereocenters. The summed E-state index contributed by atoms with van der Waals surface area (Å²) in [6.07, 6.45) is 10.6. The van der Waals surface area contributed by atoms with E-state index in [4.69, 9.17) is 4.74 Å². The zero-order valence-electron chi connectivity index (χ0n) is 26.2. The lowest BCUT2D eigenvalue weighted by Gasteiger charge is -2.37. The maximum Gasteiger partial charge on any atom is 0.251 e. The number of aryl methyl sites for hydroxylation is 2. The van der Waals surface area contributed by atoms with Gasteiger partial charge in [-0.2, -0.15) is 0 Å². The van der Waals surface area contributed by atoms with Gasteiger partial charge < -0.3 is 25.0 Å². The molecule has 0 spiro atoms. The van der Waals surface area contributed by atoms with E-state index in [2.05, 4.69) is 77.8 Å². The Kier molecular flexibility index (Phi) is 9.08. The van der Waals surface area contributed by atoms with Gasteiger partial charge in [0.05, 0.1) is 7.11 Å². The number of ether oxygens (including phenoxy) is 1. The minimum atomic E-state index is -0.719. The molecule has 0 radical (unpaired) electrons. The van der Waals surface area contributed by atoms with Crippen molar-refractivity contribution in [2.75, 3.05) is 43.6 Å². The standard InChI is InChI=1S/C38H45N3O3/c1-26-8-4-5-12-35(26)41-22-19-28(20-23-41)32-18-15-30(37(42)39-21-7-9-27-13-16-31(44-3)17-14-27)25-36(32)40(2)38(43)33-11-6-10-29-24-34(29)33/h4-6,8,10-18,25,28-29,34,38,43H,7,9,19-24H2,1-3H3,(H,39,42). The Labute approximate surface area is 262 Å². The van der Waals surface area contributed by atoms with Crippen LogP contribution >= 0.6 is 0 Å². The number of methoxy groups -OCH3 is 1. The molecular weight excluding hydrogens is 546 g/mol. The number of likely N-dealkylation sites (N-methyl/N-ethyl adjacent to an activating group) is 1. The number of carbonyl (C=O) groups is 1. The first-order chi connectivity index (χ1) is 21.4. The van der Waals surface area contributed by atoms with E-state index in [9.17, 15) is 9.90 Å². The molecule has 230 valence electrons. The third-order valence-electron chi connectivity index (χ3n) is 9.73. The number of fused-ring (bicyclic) bond motifs is 1. The first-order valence-electron chi connectivity index (χ1n) is 16.1. The van der Waals surface area contributed by atoms with Crippen LogP contribution in [0.3, 0.4) is 0 Å². The number of piperidine rings is 1. The molecule has 2 aliphatic carbocycles. The van der Waals surface area contributed by atoms with E-state index >= 15 is 0 Å². The molecule has 6 nitrogen and oxygen atoms in total. The van der Waals surface area contributed by atoms with E-state index in [0.29, 0.717) is 29.9 Å². The van der Waals surface area contributed by atoms with Crippen molar-refractivity contribution in [1.82, 2.24) is 5.32 Å². The van der Waals surface area contributed by atoms with Gasteiger partial charge in [0.2, 0.25) is 0 Å². The second-order valence-electron chi connectivity index (χ2n) is 12.6. The van der Waals surface area contributed by atoms with Crippen LogP contribution in [0.1, 0.15) is 58.6 Å². The van der Waals surface area contributed by atoms with Crippen LogP contribution in [0.5, 0.6) is 5.75 Å². The molecule has 0 aromatic heterocycles. The minimum absolute atomic E-state index is 0.0770. The summed E-state index contributed by atoms with van der Waals surface area (Å²) in [5.41, 5.74) is 7.72. The fraction of sp³-hybridized carbons (Fsp3) is 0.395. The highest BCUT2D eigenvalue weighted by Gasteiger charge is 2.42. The van der Waals surface area contributed by atoms with Gasteiger partial charge >= 0.3 is 0 Å². The van der Waals surface area contributed by atoms with E-state index in [-0.39, 0.29) is 5.91 Å². The van der Waals surface area contributed by atoms with E-state index in [1.54, 1.807) is 7.11 Å². The molecule has 3 aliphatic rings. The number of rotatable bonds is 11. The molecule has 44 heavy (non-hydrogen) atoms. The van der Waals surface area contributed by atoms with Gasteiger partial charge in [-0.1, -0.05) is 54.6 Å². The molecule has 0 bridgehead atoms. The predicted octanol–water partition coefficient (Wildman–Crippen LogP) is 6.64. The first kappa shape index (κ1) is 30.0. The van der Waals surface area contributed by atoms with Crippen molar-refractivity contribution < 1.29 is 14.6 Å². The fourth-order valence-corrected chi connectivity index (χ4v) is 6.95. The Morgan fingerprint density at radius 2 is 1.86 bits per heavy atom. The Morgan fingerprint density at radius 1 is 1.09 bits per heavy atom. The number of carbonyl (C=O) groups excluding carboxylic acids is 1. The average molecular weight is 592 g/mol. The number of nitrogens with one attached hydrogen (secondary N) is 1. The van der Waals surface area contributed by atoms with Crippen molar-refractivity contribution in [3.63, 3.8) is 0 Å². The quantitative estimate of drug-likeness (QED) is 0.193. The number of aliphatic hydroxyl groups excluding tert-OH is 1. The number of benzene rings is 3. The zero-order chi connectivity index (χ0) is 30.6. The molecule has 1 saturated heterocycles. The monoisotopic (exact) mass is 591 g/mol. The van der Waals surface area contributed by atoms with Crippen LogP contribution in [-0.2, 0) is 6.42 Å². The zero-order valence-corrected chi connectivity index (χ0v) is 26.2. The Morgan fingerprint density at radius 3 is 2.61 bits per heavy atom. The third-order valence-corrected chi connectivity index (χ3v) is 9.73. The molecule has 6 rings (SSSR count). The largest absolute Gasteiger partial charge is 0.497 e. The number of amides is 1. The van der Waals surface area contributed by atoms with Crippen molar-refractivity contribution in [3.8, 4) is 5.75 Å². The maximum absolute atomic E-state index is 13.3. The second-order valence-corrected chi connectivity index (χ2v) is 12.6. The fourth-order valence-electron chi connectivity index (χ4n) is 6.95. The Bertz CT molecular complexity index is 1520. The van der Waals surface area contributed by atoms with Crippen LogP contribution in [0.2, 0.25) is 0 Å². The summed E-state index contributed by atoms with van der Waals surface area (Å²) in [4.78, 5) is 17.8. The summed E-state index contributed by atoms with van der Waals surface area (Å²) in [6, 6.07) is 22.8.